The van der Waals surface area contributed by atoms with Crippen molar-refractivity contribution in [2.24, 2.45) is 4.99 Å². The number of halogens is 1. The molecule has 0 aromatic heterocycles. The molecule has 0 aliphatic rings. The number of aryl methyl sites for hydroxylation is 1. The third-order valence-corrected chi connectivity index (χ3v) is 3.29. The van der Waals surface area contributed by atoms with E-state index in [1.807, 2.05) is 13.0 Å². The van der Waals surface area contributed by atoms with Gasteiger partial charge >= 0.3 is 0 Å². The van der Waals surface area contributed by atoms with Crippen molar-refractivity contribution in [3.05, 3.63) is 64.7 Å². The Morgan fingerprint density at radius 3 is 2.57 bits per heavy atom. The normalized spacial score (nSPS) is 11.0. The Balaban J connectivity index is 2.37. The van der Waals surface area contributed by atoms with E-state index in [2.05, 4.69) is 11.6 Å². The zero-order valence-electron chi connectivity index (χ0n) is 11.7. The molecule has 2 aromatic carbocycles. The Bertz CT molecular complexity index is 691. The first-order chi connectivity index (χ1) is 10.0. The summed E-state index contributed by atoms with van der Waals surface area (Å²) in [6.07, 6.45) is 1.58. The number of benzene rings is 2. The van der Waals surface area contributed by atoms with Gasteiger partial charge in [-0.15, -0.1) is 0 Å². The molecule has 0 heterocycles. The van der Waals surface area contributed by atoms with Crippen LogP contribution < -0.4 is 0 Å². The molecule has 0 unspecified atom stereocenters. The second-order valence-corrected chi connectivity index (χ2v) is 5.18. The van der Waals surface area contributed by atoms with Gasteiger partial charge in [-0.3, -0.25) is 4.99 Å². The lowest BCUT2D eigenvalue weighted by Crippen LogP contribution is -1.94. The van der Waals surface area contributed by atoms with Gasteiger partial charge in [0.25, 0.3) is 0 Å². The van der Waals surface area contributed by atoms with Gasteiger partial charge in [0.15, 0.2) is 0 Å². The smallest absolute Gasteiger partial charge is 0.131 e. The van der Waals surface area contributed by atoms with Crippen molar-refractivity contribution >= 4 is 29.1 Å². The SMILES string of the molecule is C=C(CO)c1cc(C)cc(C=Nc2ccc(Cl)cc2)c1O. The molecule has 0 amide bonds. The van der Waals surface area contributed by atoms with Crippen molar-refractivity contribution in [1.29, 1.82) is 0 Å². The highest BCUT2D eigenvalue weighted by Crippen LogP contribution is 2.29. The molecule has 108 valence electrons. The minimum Gasteiger partial charge on any atom is -0.507 e. The van der Waals surface area contributed by atoms with E-state index >= 15 is 0 Å². The van der Waals surface area contributed by atoms with Crippen LogP contribution >= 0.6 is 11.6 Å². The van der Waals surface area contributed by atoms with Crippen molar-refractivity contribution in [1.82, 2.24) is 0 Å². The fourth-order valence-electron chi connectivity index (χ4n) is 1.93. The maximum atomic E-state index is 10.3. The largest absolute Gasteiger partial charge is 0.507 e. The number of aliphatic hydroxyl groups excluding tert-OH is 1. The molecule has 0 bridgehead atoms. The van der Waals surface area contributed by atoms with Crippen molar-refractivity contribution in [3.8, 4) is 5.75 Å². The first-order valence-corrected chi connectivity index (χ1v) is 6.81. The predicted molar refractivity (Wildman–Crippen MR) is 87.7 cm³/mol. The monoisotopic (exact) mass is 301 g/mol. The fourth-order valence-corrected chi connectivity index (χ4v) is 2.06. The van der Waals surface area contributed by atoms with E-state index in [1.165, 1.54) is 0 Å². The molecular formula is C17H16ClNO2. The molecule has 0 aliphatic carbocycles. The number of hydrogen-bond donors (Lipinski definition) is 2. The number of nitrogens with zero attached hydrogens (tertiary/aromatic N) is 1. The molecule has 0 saturated carbocycles. The van der Waals surface area contributed by atoms with Crippen molar-refractivity contribution < 1.29 is 10.2 Å². The number of aliphatic hydroxyl groups is 1. The maximum Gasteiger partial charge on any atom is 0.131 e. The van der Waals surface area contributed by atoms with Gasteiger partial charge < -0.3 is 10.2 Å². The third-order valence-electron chi connectivity index (χ3n) is 3.03. The first-order valence-electron chi connectivity index (χ1n) is 6.43. The predicted octanol–water partition coefficient (Wildman–Crippen LogP) is 4.11. The molecule has 0 aliphatic heterocycles. The Morgan fingerprint density at radius 1 is 1.29 bits per heavy atom. The fraction of sp³-hybridized carbons (Fsp3) is 0.118. The van der Waals surface area contributed by atoms with Crippen LogP contribution in [0.1, 0.15) is 16.7 Å². The summed E-state index contributed by atoms with van der Waals surface area (Å²) in [4.78, 5) is 4.31. The molecule has 0 radical (unpaired) electrons. The summed E-state index contributed by atoms with van der Waals surface area (Å²) in [7, 11) is 0. The van der Waals surface area contributed by atoms with Gasteiger partial charge in [-0.25, -0.2) is 0 Å². The van der Waals surface area contributed by atoms with Crippen molar-refractivity contribution in [3.63, 3.8) is 0 Å². The van der Waals surface area contributed by atoms with Crippen LogP contribution in [0.15, 0.2) is 48.0 Å². The summed E-state index contributed by atoms with van der Waals surface area (Å²) in [5, 5.41) is 20.1. The zero-order valence-corrected chi connectivity index (χ0v) is 12.4. The molecular weight excluding hydrogens is 286 g/mol. The average molecular weight is 302 g/mol. The molecule has 2 N–H and O–H groups in total. The lowest BCUT2D eigenvalue weighted by molar-refractivity contribution is 0.349. The summed E-state index contributed by atoms with van der Waals surface area (Å²) in [6, 6.07) is 10.7. The number of aromatic hydroxyl groups is 1. The minimum atomic E-state index is -0.204. The molecule has 3 nitrogen and oxygen atoms in total. The van der Waals surface area contributed by atoms with Gasteiger partial charge in [-0.2, -0.15) is 0 Å². The lowest BCUT2D eigenvalue weighted by Gasteiger charge is -2.10. The molecule has 21 heavy (non-hydrogen) atoms. The summed E-state index contributed by atoms with van der Waals surface area (Å²) in [6.45, 7) is 5.45. The molecule has 0 fully saturated rings. The molecule has 0 atom stereocenters. The highest BCUT2D eigenvalue weighted by molar-refractivity contribution is 6.30. The highest BCUT2D eigenvalue weighted by atomic mass is 35.5. The Kier molecular flexibility index (Phi) is 4.78. The number of phenols is 1. The number of aliphatic imine (C=N–C) groups is 1. The van der Waals surface area contributed by atoms with Gasteiger partial charge in [-0.05, 0) is 54.5 Å². The number of rotatable bonds is 4. The van der Waals surface area contributed by atoms with Crippen molar-refractivity contribution in [2.45, 2.75) is 6.92 Å². The molecule has 4 heteroatoms. The van der Waals surface area contributed by atoms with E-state index in [0.717, 1.165) is 11.3 Å². The first kappa shape index (κ1) is 15.3. The van der Waals surface area contributed by atoms with Gasteiger partial charge in [0.1, 0.15) is 5.75 Å². The highest BCUT2D eigenvalue weighted by Gasteiger charge is 2.09. The Hall–Kier alpha value is -2.10. The minimum absolute atomic E-state index is 0.0670. The van der Waals surface area contributed by atoms with Crippen LogP contribution in [0, 0.1) is 6.92 Å². The van der Waals surface area contributed by atoms with Crippen LogP contribution in [-0.4, -0.2) is 23.0 Å². The van der Waals surface area contributed by atoms with E-state index in [-0.39, 0.29) is 12.4 Å². The van der Waals surface area contributed by atoms with E-state index in [0.29, 0.717) is 21.7 Å². The summed E-state index contributed by atoms with van der Waals surface area (Å²) >= 11 is 5.82. The van der Waals surface area contributed by atoms with Crippen LogP contribution in [-0.2, 0) is 0 Å². The van der Waals surface area contributed by atoms with E-state index < -0.39 is 0 Å². The van der Waals surface area contributed by atoms with Crippen LogP contribution in [0.3, 0.4) is 0 Å². The van der Waals surface area contributed by atoms with Crippen molar-refractivity contribution in [2.75, 3.05) is 6.61 Å². The standard InChI is InChI=1S/C17H16ClNO2/c1-11-7-13(17(21)16(8-11)12(2)10-20)9-19-15-5-3-14(18)4-6-15/h3-9,20-21H,2,10H2,1H3. The third kappa shape index (κ3) is 3.72. The summed E-state index contributed by atoms with van der Waals surface area (Å²) in [5.41, 5.74) is 3.28. The van der Waals surface area contributed by atoms with Crippen LogP contribution in [0.5, 0.6) is 5.75 Å². The van der Waals surface area contributed by atoms with Gasteiger partial charge in [-0.1, -0.05) is 18.2 Å². The molecule has 2 aromatic rings. The molecule has 2 rings (SSSR count). The van der Waals surface area contributed by atoms with Gasteiger partial charge in [0, 0.05) is 22.4 Å². The zero-order chi connectivity index (χ0) is 15.4. The lowest BCUT2D eigenvalue weighted by atomic mass is 10.0. The van der Waals surface area contributed by atoms with E-state index in [1.54, 1.807) is 36.5 Å². The van der Waals surface area contributed by atoms with Crippen LogP contribution in [0.4, 0.5) is 5.69 Å². The molecule has 0 saturated heterocycles. The Morgan fingerprint density at radius 2 is 1.95 bits per heavy atom. The second-order valence-electron chi connectivity index (χ2n) is 4.75. The van der Waals surface area contributed by atoms with Crippen LogP contribution in [0.25, 0.3) is 5.57 Å². The topological polar surface area (TPSA) is 52.8 Å². The summed E-state index contributed by atoms with van der Waals surface area (Å²) in [5.74, 6) is 0.0670. The van der Waals surface area contributed by atoms with Crippen LogP contribution in [0.2, 0.25) is 5.02 Å². The number of hydrogen-bond acceptors (Lipinski definition) is 3. The summed E-state index contributed by atoms with van der Waals surface area (Å²) < 4.78 is 0. The second kappa shape index (κ2) is 6.57. The molecule has 0 spiro atoms. The van der Waals surface area contributed by atoms with E-state index in [9.17, 15) is 10.2 Å². The average Bonchev–Trinajstić information content (AvgIpc) is 2.48. The maximum absolute atomic E-state index is 10.3. The number of phenolic OH excluding ortho intramolecular Hbond substituents is 1. The Labute approximate surface area is 128 Å². The van der Waals surface area contributed by atoms with Gasteiger partial charge in [0.05, 0.1) is 12.3 Å². The van der Waals surface area contributed by atoms with E-state index in [4.69, 9.17) is 11.6 Å². The quantitative estimate of drug-likeness (QED) is 0.835. The van der Waals surface area contributed by atoms with Gasteiger partial charge in [0.2, 0.25) is 0 Å².